The Labute approximate surface area is 136 Å². The van der Waals surface area contributed by atoms with Gasteiger partial charge in [-0.15, -0.1) is 0 Å². The Morgan fingerprint density at radius 1 is 1.29 bits per heavy atom. The fourth-order valence-corrected chi connectivity index (χ4v) is 4.02. The second-order valence-corrected chi connectivity index (χ2v) is 8.11. The highest BCUT2D eigenvalue weighted by Crippen LogP contribution is 2.38. The van der Waals surface area contributed by atoms with E-state index in [9.17, 15) is 4.39 Å². The average molecular weight is 369 g/mol. The lowest BCUT2D eigenvalue weighted by atomic mass is 9.93. The molecule has 0 atom stereocenters. The summed E-state index contributed by atoms with van der Waals surface area (Å²) in [5.74, 6) is -0.176. The molecule has 0 aliphatic heterocycles. The van der Waals surface area contributed by atoms with Crippen LogP contribution in [0.4, 0.5) is 4.39 Å². The van der Waals surface area contributed by atoms with E-state index in [2.05, 4.69) is 31.4 Å². The molecule has 2 aliphatic carbocycles. The highest BCUT2D eigenvalue weighted by atomic mass is 79.9. The molecule has 2 saturated carbocycles. The molecular weight excluding hydrogens is 351 g/mol. The fraction of sp³-hybridized carbons (Fsp3) is 0.500. The molecule has 2 aliphatic rings. The standard InChI is InChI=1S/C16H18BrFN2S/c17-14-7-16-13(6-15(14)18)10(8-19-21-12-4-5-12)9-20(16)11-2-1-3-11/h6-7,9,11-12,19H,1-5,8H2. The van der Waals surface area contributed by atoms with Gasteiger partial charge in [0.25, 0.3) is 0 Å². The van der Waals surface area contributed by atoms with E-state index in [0.717, 1.165) is 22.7 Å². The minimum Gasteiger partial charge on any atom is -0.344 e. The normalized spacial score (nSPS) is 19.1. The Kier molecular flexibility index (Phi) is 3.76. The van der Waals surface area contributed by atoms with Crippen LogP contribution in [0.5, 0.6) is 0 Å². The van der Waals surface area contributed by atoms with E-state index >= 15 is 0 Å². The molecule has 2 fully saturated rings. The smallest absolute Gasteiger partial charge is 0.138 e. The van der Waals surface area contributed by atoms with Gasteiger partial charge in [-0.05, 0) is 65.7 Å². The number of aromatic nitrogens is 1. The Morgan fingerprint density at radius 3 is 2.76 bits per heavy atom. The van der Waals surface area contributed by atoms with Crippen molar-refractivity contribution in [1.82, 2.24) is 9.29 Å². The van der Waals surface area contributed by atoms with Crippen LogP contribution >= 0.6 is 27.9 Å². The van der Waals surface area contributed by atoms with E-state index < -0.39 is 0 Å². The van der Waals surface area contributed by atoms with Gasteiger partial charge in [-0.3, -0.25) is 4.72 Å². The summed E-state index contributed by atoms with van der Waals surface area (Å²) in [5, 5.41) is 1.84. The summed E-state index contributed by atoms with van der Waals surface area (Å²) < 4.78 is 20.3. The predicted octanol–water partition coefficient (Wildman–Crippen LogP) is 5.17. The summed E-state index contributed by atoms with van der Waals surface area (Å²) in [5.41, 5.74) is 2.36. The minimum absolute atomic E-state index is 0.176. The number of hydrogen-bond donors (Lipinski definition) is 1. The number of hydrogen-bond acceptors (Lipinski definition) is 2. The van der Waals surface area contributed by atoms with Crippen molar-refractivity contribution >= 4 is 38.8 Å². The van der Waals surface area contributed by atoms with E-state index in [4.69, 9.17) is 0 Å². The Hall–Kier alpha value is -0.520. The maximum atomic E-state index is 13.9. The van der Waals surface area contributed by atoms with Crippen LogP contribution in [-0.2, 0) is 6.54 Å². The maximum absolute atomic E-state index is 13.9. The molecule has 2 nitrogen and oxygen atoms in total. The van der Waals surface area contributed by atoms with E-state index in [1.54, 1.807) is 6.07 Å². The van der Waals surface area contributed by atoms with Crippen molar-refractivity contribution in [2.24, 2.45) is 0 Å². The van der Waals surface area contributed by atoms with Gasteiger partial charge >= 0.3 is 0 Å². The molecule has 1 N–H and O–H groups in total. The van der Waals surface area contributed by atoms with Crippen molar-refractivity contribution < 1.29 is 4.39 Å². The van der Waals surface area contributed by atoms with Crippen LogP contribution in [0.2, 0.25) is 0 Å². The van der Waals surface area contributed by atoms with Crippen LogP contribution in [0.1, 0.15) is 43.7 Å². The third kappa shape index (κ3) is 2.76. The molecule has 1 aromatic carbocycles. The van der Waals surface area contributed by atoms with Crippen molar-refractivity contribution in [2.45, 2.75) is 49.9 Å². The van der Waals surface area contributed by atoms with Crippen LogP contribution < -0.4 is 4.72 Å². The molecule has 1 aromatic heterocycles. The fourth-order valence-electron chi connectivity index (χ4n) is 2.85. The molecule has 0 amide bonds. The number of rotatable bonds is 5. The van der Waals surface area contributed by atoms with Crippen molar-refractivity contribution in [1.29, 1.82) is 0 Å². The first-order chi connectivity index (χ1) is 10.2. The molecule has 2 aromatic rings. The first-order valence-electron chi connectivity index (χ1n) is 7.59. The van der Waals surface area contributed by atoms with Gasteiger partial charge in [0.1, 0.15) is 5.82 Å². The quantitative estimate of drug-likeness (QED) is 0.733. The van der Waals surface area contributed by atoms with E-state index in [1.165, 1.54) is 37.7 Å². The molecule has 0 spiro atoms. The Balaban J connectivity index is 1.68. The maximum Gasteiger partial charge on any atom is 0.138 e. The second kappa shape index (κ2) is 5.60. The van der Waals surface area contributed by atoms with Crippen LogP contribution in [0, 0.1) is 5.82 Å². The number of nitrogens with one attached hydrogen (secondary N) is 1. The molecule has 21 heavy (non-hydrogen) atoms. The monoisotopic (exact) mass is 368 g/mol. The van der Waals surface area contributed by atoms with E-state index in [1.807, 2.05) is 18.0 Å². The summed E-state index contributed by atoms with van der Waals surface area (Å²) in [6, 6.07) is 4.20. The Morgan fingerprint density at radius 2 is 2.10 bits per heavy atom. The first kappa shape index (κ1) is 14.1. The molecule has 0 saturated heterocycles. The largest absolute Gasteiger partial charge is 0.344 e. The summed E-state index contributed by atoms with van der Waals surface area (Å²) in [7, 11) is 0. The summed E-state index contributed by atoms with van der Waals surface area (Å²) >= 11 is 5.15. The summed E-state index contributed by atoms with van der Waals surface area (Å²) in [4.78, 5) is 0. The lowest BCUT2D eigenvalue weighted by molar-refractivity contribution is 0.321. The van der Waals surface area contributed by atoms with Crippen molar-refractivity contribution in [3.05, 3.63) is 34.2 Å². The van der Waals surface area contributed by atoms with Crippen molar-refractivity contribution in [3.8, 4) is 0 Å². The van der Waals surface area contributed by atoms with Gasteiger partial charge in [-0.2, -0.15) is 0 Å². The lowest BCUT2D eigenvalue weighted by Crippen LogP contribution is -2.16. The molecule has 4 rings (SSSR count). The lowest BCUT2D eigenvalue weighted by Gasteiger charge is -2.28. The number of halogens is 2. The van der Waals surface area contributed by atoms with Crippen LogP contribution in [-0.4, -0.2) is 9.82 Å². The first-order valence-corrected chi connectivity index (χ1v) is 9.26. The van der Waals surface area contributed by atoms with Gasteiger partial charge in [-0.1, -0.05) is 11.9 Å². The number of nitrogens with zero attached hydrogens (tertiary/aromatic N) is 1. The molecule has 0 radical (unpaired) electrons. The molecule has 5 heteroatoms. The number of fused-ring (bicyclic) bond motifs is 1. The summed E-state index contributed by atoms with van der Waals surface area (Å²) in [6.45, 7) is 0.804. The van der Waals surface area contributed by atoms with Crippen molar-refractivity contribution in [2.75, 3.05) is 0 Å². The third-order valence-electron chi connectivity index (χ3n) is 4.46. The SMILES string of the molecule is Fc1cc2c(CNSC3CC3)cn(C3CCC3)c2cc1Br. The van der Waals surface area contributed by atoms with Crippen LogP contribution in [0.15, 0.2) is 22.8 Å². The van der Waals surface area contributed by atoms with E-state index in [0.29, 0.717) is 10.5 Å². The van der Waals surface area contributed by atoms with Gasteiger partial charge in [0.15, 0.2) is 0 Å². The van der Waals surface area contributed by atoms with Gasteiger partial charge in [0, 0.05) is 34.9 Å². The van der Waals surface area contributed by atoms with Crippen LogP contribution in [0.25, 0.3) is 10.9 Å². The molecule has 0 bridgehead atoms. The van der Waals surface area contributed by atoms with Gasteiger partial charge in [0.2, 0.25) is 0 Å². The van der Waals surface area contributed by atoms with Crippen molar-refractivity contribution in [3.63, 3.8) is 0 Å². The second-order valence-electron chi connectivity index (χ2n) is 6.07. The molecular formula is C16H18BrFN2S. The number of benzene rings is 1. The molecule has 0 unspecified atom stereocenters. The zero-order chi connectivity index (χ0) is 14.4. The van der Waals surface area contributed by atoms with E-state index in [-0.39, 0.29) is 5.82 Å². The highest BCUT2D eigenvalue weighted by Gasteiger charge is 2.24. The van der Waals surface area contributed by atoms with Gasteiger partial charge in [0.05, 0.1) is 4.47 Å². The predicted molar refractivity (Wildman–Crippen MR) is 89.9 cm³/mol. The highest BCUT2D eigenvalue weighted by molar-refractivity contribution is 9.10. The van der Waals surface area contributed by atoms with Crippen LogP contribution in [0.3, 0.4) is 0 Å². The van der Waals surface area contributed by atoms with Gasteiger partial charge in [-0.25, -0.2) is 4.39 Å². The van der Waals surface area contributed by atoms with Gasteiger partial charge < -0.3 is 4.57 Å². The Bertz CT molecular complexity index is 676. The molecule has 1 heterocycles. The summed E-state index contributed by atoms with van der Waals surface area (Å²) in [6.07, 6.45) is 8.65. The third-order valence-corrected chi connectivity index (χ3v) is 6.19. The molecule has 112 valence electrons. The zero-order valence-corrected chi connectivity index (χ0v) is 14.1. The topological polar surface area (TPSA) is 17.0 Å². The average Bonchev–Trinajstić information content (AvgIpc) is 3.16. The minimum atomic E-state index is -0.176. The zero-order valence-electron chi connectivity index (χ0n) is 11.7.